The van der Waals surface area contributed by atoms with Crippen molar-refractivity contribution in [3.05, 3.63) is 35.0 Å². The summed E-state index contributed by atoms with van der Waals surface area (Å²) in [6, 6.07) is 7.08. The molecule has 0 amide bonds. The number of fused-ring (bicyclic) bond motifs is 1. The SMILES string of the molecule is CCCn1c(-c2cc(C)sc2N)nc2c(F)cccc21. The minimum Gasteiger partial charge on any atom is -0.390 e. The first-order chi connectivity index (χ1) is 9.61. The van der Waals surface area contributed by atoms with Crippen LogP contribution in [0.3, 0.4) is 0 Å². The lowest BCUT2D eigenvalue weighted by Gasteiger charge is -2.07. The number of halogens is 1. The van der Waals surface area contributed by atoms with Crippen LogP contribution < -0.4 is 5.73 Å². The number of aromatic nitrogens is 2. The zero-order valence-electron chi connectivity index (χ0n) is 11.5. The van der Waals surface area contributed by atoms with E-state index in [1.807, 2.05) is 19.1 Å². The van der Waals surface area contributed by atoms with Crippen LogP contribution in [-0.4, -0.2) is 9.55 Å². The summed E-state index contributed by atoms with van der Waals surface area (Å²) >= 11 is 1.54. The van der Waals surface area contributed by atoms with E-state index < -0.39 is 0 Å². The number of nitrogens with zero attached hydrogens (tertiary/aromatic N) is 2. The lowest BCUT2D eigenvalue weighted by molar-refractivity contribution is 0.637. The van der Waals surface area contributed by atoms with Crippen LogP contribution in [0.25, 0.3) is 22.4 Å². The van der Waals surface area contributed by atoms with E-state index in [4.69, 9.17) is 5.73 Å². The molecule has 0 saturated heterocycles. The fourth-order valence-electron chi connectivity index (χ4n) is 2.48. The third-order valence-corrected chi connectivity index (χ3v) is 4.18. The summed E-state index contributed by atoms with van der Waals surface area (Å²) in [7, 11) is 0. The molecule has 0 atom stereocenters. The van der Waals surface area contributed by atoms with Crippen LogP contribution in [0, 0.1) is 12.7 Å². The first-order valence-electron chi connectivity index (χ1n) is 6.63. The molecule has 0 unspecified atom stereocenters. The number of imidazole rings is 1. The third kappa shape index (κ3) is 1.98. The van der Waals surface area contributed by atoms with Crippen LogP contribution in [0.5, 0.6) is 0 Å². The Labute approximate surface area is 120 Å². The molecule has 2 aromatic heterocycles. The van der Waals surface area contributed by atoms with Gasteiger partial charge in [0.25, 0.3) is 0 Å². The van der Waals surface area contributed by atoms with Crippen molar-refractivity contribution in [3.63, 3.8) is 0 Å². The van der Waals surface area contributed by atoms with E-state index in [-0.39, 0.29) is 5.82 Å². The number of anilines is 1. The van der Waals surface area contributed by atoms with Crippen molar-refractivity contribution in [2.45, 2.75) is 26.8 Å². The summed E-state index contributed by atoms with van der Waals surface area (Å²) in [5.41, 5.74) is 8.21. The molecule has 0 bridgehead atoms. The maximum Gasteiger partial charge on any atom is 0.151 e. The van der Waals surface area contributed by atoms with Gasteiger partial charge in [-0.3, -0.25) is 0 Å². The van der Waals surface area contributed by atoms with Gasteiger partial charge in [-0.2, -0.15) is 0 Å². The molecule has 0 fully saturated rings. The number of thiophene rings is 1. The monoisotopic (exact) mass is 289 g/mol. The van der Waals surface area contributed by atoms with Crippen LogP contribution in [0.4, 0.5) is 9.39 Å². The van der Waals surface area contributed by atoms with Gasteiger partial charge in [0.1, 0.15) is 11.3 Å². The minimum absolute atomic E-state index is 0.288. The number of rotatable bonds is 3. The summed E-state index contributed by atoms with van der Waals surface area (Å²) in [6.45, 7) is 4.90. The lowest BCUT2D eigenvalue weighted by atomic mass is 10.2. The Balaban J connectivity index is 2.32. The van der Waals surface area contributed by atoms with Crippen molar-refractivity contribution in [2.24, 2.45) is 0 Å². The van der Waals surface area contributed by atoms with Crippen molar-refractivity contribution in [1.29, 1.82) is 0 Å². The van der Waals surface area contributed by atoms with Crippen molar-refractivity contribution in [3.8, 4) is 11.4 Å². The van der Waals surface area contributed by atoms with Crippen molar-refractivity contribution < 1.29 is 4.39 Å². The van der Waals surface area contributed by atoms with E-state index >= 15 is 0 Å². The Kier molecular flexibility index (Phi) is 3.22. The third-order valence-electron chi connectivity index (χ3n) is 3.30. The first-order valence-corrected chi connectivity index (χ1v) is 7.44. The molecule has 0 aliphatic heterocycles. The predicted molar refractivity (Wildman–Crippen MR) is 82.4 cm³/mol. The van der Waals surface area contributed by atoms with Crippen LogP contribution in [-0.2, 0) is 6.54 Å². The number of aryl methyl sites for hydroxylation is 2. The van der Waals surface area contributed by atoms with Gasteiger partial charge >= 0.3 is 0 Å². The molecule has 3 rings (SSSR count). The minimum atomic E-state index is -0.288. The van der Waals surface area contributed by atoms with E-state index in [1.54, 1.807) is 6.07 Å². The highest BCUT2D eigenvalue weighted by Gasteiger charge is 2.17. The first kappa shape index (κ1) is 13.1. The molecule has 0 saturated carbocycles. The lowest BCUT2D eigenvalue weighted by Crippen LogP contribution is -2.00. The quantitative estimate of drug-likeness (QED) is 0.785. The Morgan fingerprint density at radius 1 is 1.40 bits per heavy atom. The van der Waals surface area contributed by atoms with Gasteiger partial charge in [-0.25, -0.2) is 9.37 Å². The highest BCUT2D eigenvalue weighted by molar-refractivity contribution is 7.16. The van der Waals surface area contributed by atoms with Crippen molar-refractivity contribution in [2.75, 3.05) is 5.73 Å². The topological polar surface area (TPSA) is 43.8 Å². The van der Waals surface area contributed by atoms with Crippen LogP contribution >= 0.6 is 11.3 Å². The summed E-state index contributed by atoms with van der Waals surface area (Å²) in [5.74, 6) is 0.470. The standard InChI is InChI=1S/C15H16FN3S/c1-3-7-19-12-6-4-5-11(16)13(12)18-15(19)10-8-9(2)20-14(10)17/h4-6,8H,3,7,17H2,1-2H3. The second-order valence-electron chi connectivity index (χ2n) is 4.83. The Morgan fingerprint density at radius 2 is 2.20 bits per heavy atom. The molecule has 3 aromatic rings. The van der Waals surface area contributed by atoms with Gasteiger partial charge in [-0.1, -0.05) is 13.0 Å². The number of nitrogen functional groups attached to an aromatic ring is 1. The molecule has 104 valence electrons. The number of nitrogens with two attached hydrogens (primary N) is 1. The second-order valence-corrected chi connectivity index (χ2v) is 6.12. The highest BCUT2D eigenvalue weighted by Crippen LogP contribution is 2.35. The summed E-state index contributed by atoms with van der Waals surface area (Å²) in [5, 5.41) is 0.732. The summed E-state index contributed by atoms with van der Waals surface area (Å²) in [6.07, 6.45) is 0.956. The Hall–Kier alpha value is -1.88. The zero-order chi connectivity index (χ0) is 14.3. The number of benzene rings is 1. The molecular formula is C15H16FN3S. The van der Waals surface area contributed by atoms with E-state index in [0.29, 0.717) is 5.52 Å². The van der Waals surface area contributed by atoms with Gasteiger partial charge in [0.2, 0.25) is 0 Å². The molecule has 1 aromatic carbocycles. The predicted octanol–water partition coefficient (Wildman–Crippen LogP) is 4.20. The van der Waals surface area contributed by atoms with Crippen LogP contribution in [0.1, 0.15) is 18.2 Å². The molecule has 5 heteroatoms. The van der Waals surface area contributed by atoms with Gasteiger partial charge in [-0.05, 0) is 31.5 Å². The Bertz CT molecular complexity index is 773. The number of para-hydroxylation sites is 1. The fraction of sp³-hybridized carbons (Fsp3) is 0.267. The van der Waals surface area contributed by atoms with E-state index in [9.17, 15) is 4.39 Å². The molecule has 0 aliphatic rings. The van der Waals surface area contributed by atoms with Gasteiger partial charge in [-0.15, -0.1) is 11.3 Å². The number of hydrogen-bond acceptors (Lipinski definition) is 3. The summed E-state index contributed by atoms with van der Waals surface area (Å²) < 4.78 is 16.0. The van der Waals surface area contributed by atoms with Gasteiger partial charge < -0.3 is 10.3 Å². The summed E-state index contributed by atoms with van der Waals surface area (Å²) in [4.78, 5) is 5.62. The molecule has 3 nitrogen and oxygen atoms in total. The molecule has 20 heavy (non-hydrogen) atoms. The van der Waals surface area contributed by atoms with Crippen LogP contribution in [0.15, 0.2) is 24.3 Å². The zero-order valence-corrected chi connectivity index (χ0v) is 12.3. The normalized spacial score (nSPS) is 11.3. The fourth-order valence-corrected chi connectivity index (χ4v) is 3.26. The number of hydrogen-bond donors (Lipinski definition) is 1. The molecule has 0 radical (unpaired) electrons. The molecule has 2 N–H and O–H groups in total. The van der Waals surface area contributed by atoms with Gasteiger partial charge in [0, 0.05) is 11.4 Å². The highest BCUT2D eigenvalue weighted by atomic mass is 32.1. The average Bonchev–Trinajstić information content (AvgIpc) is 2.92. The molecular weight excluding hydrogens is 273 g/mol. The van der Waals surface area contributed by atoms with Crippen molar-refractivity contribution in [1.82, 2.24) is 9.55 Å². The van der Waals surface area contributed by atoms with Gasteiger partial charge in [0.05, 0.1) is 16.1 Å². The largest absolute Gasteiger partial charge is 0.390 e. The molecule has 0 spiro atoms. The molecule has 2 heterocycles. The van der Waals surface area contributed by atoms with E-state index in [1.165, 1.54) is 17.4 Å². The van der Waals surface area contributed by atoms with Crippen molar-refractivity contribution >= 4 is 27.4 Å². The van der Waals surface area contributed by atoms with E-state index in [2.05, 4.69) is 16.5 Å². The Morgan fingerprint density at radius 3 is 2.85 bits per heavy atom. The maximum absolute atomic E-state index is 13.9. The molecule has 0 aliphatic carbocycles. The average molecular weight is 289 g/mol. The van der Waals surface area contributed by atoms with Gasteiger partial charge in [0.15, 0.2) is 5.82 Å². The van der Waals surface area contributed by atoms with Crippen LogP contribution in [0.2, 0.25) is 0 Å². The second kappa shape index (κ2) is 4.90. The van der Waals surface area contributed by atoms with E-state index in [0.717, 1.165) is 39.7 Å². The smallest absolute Gasteiger partial charge is 0.151 e. The maximum atomic E-state index is 13.9.